The molecule has 1 fully saturated rings. The van der Waals surface area contributed by atoms with Gasteiger partial charge in [0.05, 0.1) is 17.9 Å². The van der Waals surface area contributed by atoms with E-state index in [4.69, 9.17) is 11.5 Å². The summed E-state index contributed by atoms with van der Waals surface area (Å²) in [5, 5.41) is 28.1. The number of nitrogens with zero attached hydrogens (tertiary/aromatic N) is 3. The fourth-order valence-electron chi connectivity index (χ4n) is 5.14. The molecule has 4 atom stereocenters. The molecule has 0 saturated heterocycles. The van der Waals surface area contributed by atoms with E-state index in [2.05, 4.69) is 44.2 Å². The van der Waals surface area contributed by atoms with Crippen LogP contribution in [0.25, 0.3) is 16.3 Å². The van der Waals surface area contributed by atoms with E-state index < -0.39 is 29.4 Å². The Labute approximate surface area is 198 Å². The largest absolute Gasteiger partial charge is 0.398 e. The van der Waals surface area contributed by atoms with Gasteiger partial charge in [0.1, 0.15) is 11.8 Å². The van der Waals surface area contributed by atoms with Gasteiger partial charge in [-0.15, -0.1) is 0 Å². The van der Waals surface area contributed by atoms with E-state index in [1.54, 1.807) is 0 Å². The van der Waals surface area contributed by atoms with Crippen LogP contribution in [0.1, 0.15) is 36.9 Å². The Hall–Kier alpha value is -2.75. The summed E-state index contributed by atoms with van der Waals surface area (Å²) in [7, 11) is 0. The second-order valence-corrected chi connectivity index (χ2v) is 10.1. The molecular formula is C24H25BrFN5O2. The van der Waals surface area contributed by atoms with Crippen molar-refractivity contribution in [2.24, 2.45) is 5.41 Å². The lowest BCUT2D eigenvalue weighted by atomic mass is 9.79. The molecule has 5 rings (SSSR count). The molecule has 172 valence electrons. The Balaban J connectivity index is 1.40. The van der Waals surface area contributed by atoms with Crippen LogP contribution in [0.5, 0.6) is 0 Å². The average Bonchev–Trinajstić information content (AvgIpc) is 3.23. The number of anilines is 2. The smallest absolute Gasteiger partial charge is 0.154 e. The number of benzene rings is 2. The van der Waals surface area contributed by atoms with Crippen LogP contribution in [-0.2, 0) is 6.42 Å². The van der Waals surface area contributed by atoms with Crippen molar-refractivity contribution in [3.8, 4) is 0 Å². The van der Waals surface area contributed by atoms with Crippen molar-refractivity contribution in [3.63, 3.8) is 0 Å². The molecule has 2 aromatic carbocycles. The van der Waals surface area contributed by atoms with Gasteiger partial charge in [0.25, 0.3) is 0 Å². The summed E-state index contributed by atoms with van der Waals surface area (Å²) in [6.45, 7) is 1.96. The number of aryl methyl sites for hydroxylation is 1. The first-order valence-corrected chi connectivity index (χ1v) is 11.6. The van der Waals surface area contributed by atoms with E-state index in [0.717, 1.165) is 27.2 Å². The van der Waals surface area contributed by atoms with Crippen LogP contribution < -0.4 is 11.5 Å². The summed E-state index contributed by atoms with van der Waals surface area (Å²) in [5.41, 5.74) is 13.7. The molecule has 1 aliphatic carbocycles. The number of hydrogen-bond donors (Lipinski definition) is 4. The molecule has 1 saturated carbocycles. The summed E-state index contributed by atoms with van der Waals surface area (Å²) in [6.07, 6.45) is 1.12. The molecule has 0 amide bonds. The second kappa shape index (κ2) is 7.93. The maximum Gasteiger partial charge on any atom is 0.154 e. The third kappa shape index (κ3) is 3.64. The van der Waals surface area contributed by atoms with Crippen LogP contribution in [0, 0.1) is 11.2 Å². The van der Waals surface area contributed by atoms with Gasteiger partial charge in [0.15, 0.2) is 11.6 Å². The maximum atomic E-state index is 14.6. The van der Waals surface area contributed by atoms with Crippen molar-refractivity contribution in [2.75, 3.05) is 11.5 Å². The van der Waals surface area contributed by atoms with Gasteiger partial charge in [-0.25, -0.2) is 13.9 Å². The molecule has 0 radical (unpaired) electrons. The van der Waals surface area contributed by atoms with Gasteiger partial charge in [-0.2, -0.15) is 5.10 Å². The Morgan fingerprint density at radius 1 is 1.18 bits per heavy atom. The molecule has 4 aromatic rings. The van der Waals surface area contributed by atoms with E-state index >= 15 is 0 Å². The van der Waals surface area contributed by atoms with E-state index in [9.17, 15) is 14.6 Å². The predicted molar refractivity (Wildman–Crippen MR) is 129 cm³/mol. The van der Waals surface area contributed by atoms with E-state index in [-0.39, 0.29) is 11.3 Å². The van der Waals surface area contributed by atoms with Crippen molar-refractivity contribution >= 4 is 43.7 Å². The number of nitrogens with two attached hydrogens (primary N) is 2. The highest BCUT2D eigenvalue weighted by atomic mass is 79.9. The van der Waals surface area contributed by atoms with Gasteiger partial charge >= 0.3 is 0 Å². The zero-order valence-corrected chi connectivity index (χ0v) is 19.6. The molecule has 0 spiro atoms. The van der Waals surface area contributed by atoms with E-state index in [0.29, 0.717) is 24.2 Å². The van der Waals surface area contributed by atoms with Crippen LogP contribution in [0.4, 0.5) is 15.9 Å². The topological polar surface area (TPSA) is 123 Å². The van der Waals surface area contributed by atoms with Crippen LogP contribution in [-0.4, -0.2) is 37.0 Å². The lowest BCUT2D eigenvalue weighted by Gasteiger charge is -2.28. The molecule has 1 aliphatic rings. The molecule has 9 heteroatoms. The lowest BCUT2D eigenvalue weighted by Crippen LogP contribution is -2.34. The van der Waals surface area contributed by atoms with Crippen molar-refractivity contribution in [3.05, 3.63) is 64.3 Å². The third-order valence-electron chi connectivity index (χ3n) is 7.08. The number of aliphatic hydroxyl groups excluding tert-OH is 2. The molecule has 0 unspecified atom stereocenters. The molecule has 2 heterocycles. The van der Waals surface area contributed by atoms with Crippen molar-refractivity contribution in [1.82, 2.24) is 14.6 Å². The quantitative estimate of drug-likeness (QED) is 0.308. The number of nitrogen functional groups attached to an aromatic ring is 2. The Kier molecular flexibility index (Phi) is 5.30. The zero-order chi connectivity index (χ0) is 23.5. The van der Waals surface area contributed by atoms with E-state index in [1.807, 2.05) is 19.1 Å². The first kappa shape index (κ1) is 22.1. The Morgan fingerprint density at radius 2 is 1.97 bits per heavy atom. The first-order chi connectivity index (χ1) is 15.7. The highest BCUT2D eigenvalue weighted by molar-refractivity contribution is 9.10. The third-order valence-corrected chi connectivity index (χ3v) is 7.77. The van der Waals surface area contributed by atoms with E-state index in [1.165, 1.54) is 16.9 Å². The SMILES string of the molecule is C[C@]1(CCc2ccc3cc(Br)c(N)cc3c2)C[C@@H](c2cc(F)c3c(N)ncnn23)[C@H](O)[C@@H]1O. The van der Waals surface area contributed by atoms with Gasteiger partial charge in [0, 0.05) is 16.1 Å². The first-order valence-electron chi connectivity index (χ1n) is 10.8. The molecule has 2 aromatic heterocycles. The number of aromatic nitrogens is 3. The highest BCUT2D eigenvalue weighted by Crippen LogP contribution is 2.49. The average molecular weight is 514 g/mol. The van der Waals surface area contributed by atoms with Crippen molar-refractivity contribution < 1.29 is 14.6 Å². The summed E-state index contributed by atoms with van der Waals surface area (Å²) >= 11 is 3.46. The fraction of sp³-hybridized carbons (Fsp3) is 0.333. The number of aliphatic hydroxyl groups is 2. The lowest BCUT2D eigenvalue weighted by molar-refractivity contribution is -0.0204. The molecule has 0 bridgehead atoms. The second-order valence-electron chi connectivity index (χ2n) is 9.28. The van der Waals surface area contributed by atoms with Crippen molar-refractivity contribution in [1.29, 1.82) is 0 Å². The number of fused-ring (bicyclic) bond motifs is 2. The summed E-state index contributed by atoms with van der Waals surface area (Å²) < 4.78 is 16.8. The number of halogens is 2. The van der Waals surface area contributed by atoms with Crippen LogP contribution in [0.2, 0.25) is 0 Å². The molecule has 33 heavy (non-hydrogen) atoms. The molecular weight excluding hydrogens is 489 g/mol. The minimum Gasteiger partial charge on any atom is -0.398 e. The molecule has 6 N–H and O–H groups in total. The highest BCUT2D eigenvalue weighted by Gasteiger charge is 2.50. The maximum absolute atomic E-state index is 14.6. The minimum atomic E-state index is -1.04. The minimum absolute atomic E-state index is 0.0357. The fourth-order valence-corrected chi connectivity index (χ4v) is 5.50. The van der Waals surface area contributed by atoms with Crippen LogP contribution in [0.3, 0.4) is 0 Å². The van der Waals surface area contributed by atoms with Gasteiger partial charge in [-0.3, -0.25) is 0 Å². The normalized spacial score (nSPS) is 25.3. The van der Waals surface area contributed by atoms with Crippen LogP contribution >= 0.6 is 15.9 Å². The standard InChI is InChI=1S/C24H25BrFN5O2/c1-24(5-4-12-2-3-13-7-16(25)18(27)8-14(13)6-12)10-15(21(32)22(24)33)19-9-17(26)20-23(28)29-11-30-31(19)20/h2-3,6-9,11,15,21-22,32-33H,4-5,10,27H2,1H3,(H2,28,29,30)/t15-,21-,22-,24-/m0/s1. The summed E-state index contributed by atoms with van der Waals surface area (Å²) in [5.74, 6) is -0.987. The Morgan fingerprint density at radius 3 is 2.76 bits per heavy atom. The van der Waals surface area contributed by atoms with Gasteiger partial charge in [-0.1, -0.05) is 25.1 Å². The number of hydrogen-bond acceptors (Lipinski definition) is 6. The van der Waals surface area contributed by atoms with Gasteiger partial charge < -0.3 is 21.7 Å². The summed E-state index contributed by atoms with van der Waals surface area (Å²) in [4.78, 5) is 3.85. The Bertz CT molecular complexity index is 1380. The van der Waals surface area contributed by atoms with Gasteiger partial charge in [0.2, 0.25) is 0 Å². The van der Waals surface area contributed by atoms with Crippen LogP contribution in [0.15, 0.2) is 47.2 Å². The molecule has 7 nitrogen and oxygen atoms in total. The molecule has 0 aliphatic heterocycles. The van der Waals surface area contributed by atoms with Gasteiger partial charge in [-0.05, 0) is 75.1 Å². The van der Waals surface area contributed by atoms with Crippen molar-refractivity contribution in [2.45, 2.75) is 44.3 Å². The zero-order valence-electron chi connectivity index (χ0n) is 18.0. The predicted octanol–water partition coefficient (Wildman–Crippen LogP) is 3.80. The summed E-state index contributed by atoms with van der Waals surface area (Å²) in [6, 6.07) is 11.5. The number of rotatable bonds is 4. The monoisotopic (exact) mass is 513 g/mol.